The second-order valence-corrected chi connectivity index (χ2v) is 2.74. The topological polar surface area (TPSA) is 0 Å². The summed E-state index contributed by atoms with van der Waals surface area (Å²) in [6.45, 7) is 11.9. The molecule has 1 aromatic rings. The zero-order valence-electron chi connectivity index (χ0n) is 6.73. The Kier molecular flexibility index (Phi) is 1.80. The second-order valence-electron chi connectivity index (χ2n) is 2.74. The van der Waals surface area contributed by atoms with Gasteiger partial charge in [-0.05, 0) is 49.9 Å². The van der Waals surface area contributed by atoms with Crippen molar-refractivity contribution in [3.05, 3.63) is 41.3 Å². The van der Waals surface area contributed by atoms with E-state index in [4.69, 9.17) is 6.92 Å². The van der Waals surface area contributed by atoms with Gasteiger partial charge in [-0.25, -0.2) is 0 Å². The lowest BCUT2D eigenvalue weighted by atomic mass is 10.0. The molecule has 0 aliphatic heterocycles. The molecule has 0 heterocycles. The first-order valence-corrected chi connectivity index (χ1v) is 3.45. The van der Waals surface area contributed by atoms with Gasteiger partial charge < -0.3 is 0 Å². The minimum atomic E-state index is 0.931. The second kappa shape index (κ2) is 2.45. The van der Waals surface area contributed by atoms with Gasteiger partial charge in [0, 0.05) is 0 Å². The fraction of sp³-hybridized carbons (Fsp3) is 0.300. The van der Waals surface area contributed by atoms with Gasteiger partial charge in [0.05, 0.1) is 0 Å². The number of hydrogen-bond acceptors (Lipinski definition) is 0. The van der Waals surface area contributed by atoms with E-state index in [1.165, 1.54) is 16.7 Å². The zero-order valence-corrected chi connectivity index (χ0v) is 6.73. The molecule has 0 spiro atoms. The number of benzene rings is 1. The Morgan fingerprint density at radius 1 is 1.00 bits per heavy atom. The SMILES string of the molecule is [CH]c1c(C)ccc(C)c1C. The fourth-order valence-corrected chi connectivity index (χ4v) is 0.973. The zero-order chi connectivity index (χ0) is 7.72. The molecule has 0 bridgehead atoms. The molecule has 10 heavy (non-hydrogen) atoms. The van der Waals surface area contributed by atoms with E-state index in [1.807, 2.05) is 6.92 Å². The predicted octanol–water partition coefficient (Wildman–Crippen LogP) is 2.67. The van der Waals surface area contributed by atoms with E-state index in [0.717, 1.165) is 5.56 Å². The highest BCUT2D eigenvalue weighted by atomic mass is 14.0. The Morgan fingerprint density at radius 3 is 2.00 bits per heavy atom. The van der Waals surface area contributed by atoms with Crippen LogP contribution in [-0.2, 0) is 0 Å². The van der Waals surface area contributed by atoms with Gasteiger partial charge in [-0.1, -0.05) is 12.1 Å². The molecule has 0 nitrogen and oxygen atoms in total. The van der Waals surface area contributed by atoms with Crippen LogP contribution in [0.3, 0.4) is 0 Å². The molecule has 0 heteroatoms. The van der Waals surface area contributed by atoms with E-state index in [2.05, 4.69) is 26.0 Å². The lowest BCUT2D eigenvalue weighted by Gasteiger charge is -2.05. The predicted molar refractivity (Wildman–Crippen MR) is 44.1 cm³/mol. The highest BCUT2D eigenvalue weighted by Crippen LogP contribution is 2.15. The number of aryl methyl sites for hydroxylation is 2. The molecule has 0 fully saturated rings. The van der Waals surface area contributed by atoms with Crippen LogP contribution in [0.1, 0.15) is 22.3 Å². The maximum absolute atomic E-state index is 5.78. The van der Waals surface area contributed by atoms with Crippen LogP contribution in [0.25, 0.3) is 0 Å². The average molecular weight is 132 g/mol. The molecule has 0 N–H and O–H groups in total. The van der Waals surface area contributed by atoms with Crippen LogP contribution < -0.4 is 0 Å². The van der Waals surface area contributed by atoms with Gasteiger partial charge in [0.1, 0.15) is 0 Å². The lowest BCUT2D eigenvalue weighted by molar-refractivity contribution is 1.26. The minimum Gasteiger partial charge on any atom is -0.0588 e. The minimum absolute atomic E-state index is 0.931. The molecule has 1 rings (SSSR count). The Labute approximate surface area is 62.9 Å². The van der Waals surface area contributed by atoms with Crippen molar-refractivity contribution >= 4 is 0 Å². The molecule has 2 radical (unpaired) electrons. The first kappa shape index (κ1) is 7.33. The third-order valence-electron chi connectivity index (χ3n) is 2.00. The van der Waals surface area contributed by atoms with E-state index in [9.17, 15) is 0 Å². The smallest absolute Gasteiger partial charge is 0.000629 e. The molecular formula is C10H12. The van der Waals surface area contributed by atoms with Crippen molar-refractivity contribution in [2.45, 2.75) is 20.8 Å². The highest BCUT2D eigenvalue weighted by molar-refractivity contribution is 5.40. The molecule has 0 saturated heterocycles. The Bertz CT molecular complexity index is 219. The van der Waals surface area contributed by atoms with Crippen LogP contribution >= 0.6 is 0 Å². The molecule has 0 saturated carbocycles. The Hall–Kier alpha value is -0.780. The molecule has 0 aromatic heterocycles. The summed E-state index contributed by atoms with van der Waals surface area (Å²) >= 11 is 0. The van der Waals surface area contributed by atoms with E-state index < -0.39 is 0 Å². The van der Waals surface area contributed by atoms with Gasteiger partial charge in [-0.15, -0.1) is 0 Å². The van der Waals surface area contributed by atoms with Crippen LogP contribution in [0, 0.1) is 27.7 Å². The van der Waals surface area contributed by atoms with Crippen LogP contribution in [0.5, 0.6) is 0 Å². The van der Waals surface area contributed by atoms with Gasteiger partial charge in [-0.2, -0.15) is 0 Å². The van der Waals surface area contributed by atoms with Crippen molar-refractivity contribution in [1.29, 1.82) is 0 Å². The highest BCUT2D eigenvalue weighted by Gasteiger charge is 1.97. The van der Waals surface area contributed by atoms with E-state index in [-0.39, 0.29) is 0 Å². The van der Waals surface area contributed by atoms with E-state index in [1.54, 1.807) is 0 Å². The summed E-state index contributed by atoms with van der Waals surface area (Å²) in [5.74, 6) is 0. The first-order valence-electron chi connectivity index (χ1n) is 3.45. The van der Waals surface area contributed by atoms with Crippen molar-refractivity contribution in [3.63, 3.8) is 0 Å². The number of rotatable bonds is 0. The van der Waals surface area contributed by atoms with Gasteiger partial charge in [0.2, 0.25) is 0 Å². The van der Waals surface area contributed by atoms with Crippen molar-refractivity contribution < 1.29 is 0 Å². The molecule has 52 valence electrons. The third kappa shape index (κ3) is 1.06. The summed E-state index contributed by atoms with van der Waals surface area (Å²) in [7, 11) is 0. The summed E-state index contributed by atoms with van der Waals surface area (Å²) in [6.07, 6.45) is 0. The summed E-state index contributed by atoms with van der Waals surface area (Å²) in [6, 6.07) is 4.15. The number of hydrogen-bond donors (Lipinski definition) is 0. The van der Waals surface area contributed by atoms with Crippen molar-refractivity contribution in [3.8, 4) is 0 Å². The molecule has 0 amide bonds. The first-order chi connectivity index (χ1) is 4.63. The fourth-order valence-electron chi connectivity index (χ4n) is 0.973. The summed E-state index contributed by atoms with van der Waals surface area (Å²) in [5.41, 5.74) is 4.58. The van der Waals surface area contributed by atoms with Gasteiger partial charge in [0.15, 0.2) is 0 Å². The van der Waals surface area contributed by atoms with E-state index >= 15 is 0 Å². The standard InChI is InChI=1S/C10H12/c1-7-5-6-8(2)10(4)9(7)3/h3,5-6H,1-2,4H3. The van der Waals surface area contributed by atoms with Crippen LogP contribution in [0.15, 0.2) is 12.1 Å². The maximum atomic E-state index is 5.78. The third-order valence-corrected chi connectivity index (χ3v) is 2.00. The molecule has 0 aliphatic rings. The maximum Gasteiger partial charge on any atom is -0.000629 e. The monoisotopic (exact) mass is 132 g/mol. The van der Waals surface area contributed by atoms with Crippen LogP contribution in [0.2, 0.25) is 0 Å². The normalized spacial score (nSPS) is 10.0. The molecule has 0 aliphatic carbocycles. The van der Waals surface area contributed by atoms with Gasteiger partial charge >= 0.3 is 0 Å². The summed E-state index contributed by atoms with van der Waals surface area (Å²) < 4.78 is 0. The molecule has 1 aromatic carbocycles. The summed E-state index contributed by atoms with van der Waals surface area (Å²) in [5, 5.41) is 0. The Balaban J connectivity index is 3.34. The lowest BCUT2D eigenvalue weighted by Crippen LogP contribution is -1.88. The molecule has 0 atom stereocenters. The summed E-state index contributed by atoms with van der Waals surface area (Å²) in [4.78, 5) is 0. The Morgan fingerprint density at radius 2 is 1.50 bits per heavy atom. The van der Waals surface area contributed by atoms with Crippen LogP contribution in [0.4, 0.5) is 0 Å². The molecular weight excluding hydrogens is 120 g/mol. The van der Waals surface area contributed by atoms with Crippen molar-refractivity contribution in [2.75, 3.05) is 0 Å². The van der Waals surface area contributed by atoms with E-state index in [0.29, 0.717) is 0 Å². The van der Waals surface area contributed by atoms with Gasteiger partial charge in [0.25, 0.3) is 0 Å². The largest absolute Gasteiger partial charge is 0.0588 e. The van der Waals surface area contributed by atoms with Crippen molar-refractivity contribution in [1.82, 2.24) is 0 Å². The van der Waals surface area contributed by atoms with Crippen molar-refractivity contribution in [2.24, 2.45) is 0 Å². The molecule has 0 unspecified atom stereocenters. The average Bonchev–Trinajstić information content (AvgIpc) is 1.93. The quantitative estimate of drug-likeness (QED) is 0.509. The van der Waals surface area contributed by atoms with Gasteiger partial charge in [-0.3, -0.25) is 0 Å². The van der Waals surface area contributed by atoms with Crippen LogP contribution in [-0.4, -0.2) is 0 Å².